The number of nitrogens with two attached hydrogens (primary N) is 1. The van der Waals surface area contributed by atoms with Gasteiger partial charge in [-0.05, 0) is 37.3 Å². The summed E-state index contributed by atoms with van der Waals surface area (Å²) in [7, 11) is -3.20. The van der Waals surface area contributed by atoms with Crippen LogP contribution in [0.2, 0.25) is 0 Å². The Hall–Kier alpha value is -0.880. The number of anilines is 2. The van der Waals surface area contributed by atoms with E-state index in [4.69, 9.17) is 5.73 Å². The van der Waals surface area contributed by atoms with Crippen LogP contribution in [0.5, 0.6) is 0 Å². The van der Waals surface area contributed by atoms with Gasteiger partial charge in [0.25, 0.3) is 0 Å². The number of nitrogens with one attached hydrogen (secondary N) is 1. The number of hydrogen-bond donors (Lipinski definition) is 2. The molecule has 0 aromatic heterocycles. The Bertz CT molecular complexity index is 579. The molecule has 0 aliphatic heterocycles. The SMILES string of the molecule is CSC1(CNc2ccc(S(C)(=O)=O)cc2N)CCCC1. The molecular formula is C14H22N2O2S2. The summed E-state index contributed by atoms with van der Waals surface area (Å²) in [4.78, 5) is 0.265. The molecule has 1 saturated carbocycles. The molecule has 112 valence electrons. The minimum Gasteiger partial charge on any atom is -0.397 e. The minimum absolute atomic E-state index is 0.265. The number of hydrogen-bond acceptors (Lipinski definition) is 5. The molecule has 0 bridgehead atoms. The van der Waals surface area contributed by atoms with Crippen molar-refractivity contribution in [3.8, 4) is 0 Å². The normalized spacial score (nSPS) is 18.1. The topological polar surface area (TPSA) is 72.2 Å². The molecule has 4 nitrogen and oxygen atoms in total. The lowest BCUT2D eigenvalue weighted by atomic mass is 10.1. The van der Waals surface area contributed by atoms with Crippen LogP contribution in [0.4, 0.5) is 11.4 Å². The second kappa shape index (κ2) is 5.85. The van der Waals surface area contributed by atoms with Crippen LogP contribution >= 0.6 is 11.8 Å². The van der Waals surface area contributed by atoms with Gasteiger partial charge in [0.15, 0.2) is 9.84 Å². The van der Waals surface area contributed by atoms with Gasteiger partial charge in [-0.3, -0.25) is 0 Å². The number of nitrogen functional groups attached to an aromatic ring is 1. The first-order valence-corrected chi connectivity index (χ1v) is 9.87. The number of thioether (sulfide) groups is 1. The van der Waals surface area contributed by atoms with Crippen molar-refractivity contribution in [2.24, 2.45) is 0 Å². The van der Waals surface area contributed by atoms with Gasteiger partial charge in [0.05, 0.1) is 16.3 Å². The molecule has 0 unspecified atom stereocenters. The van der Waals surface area contributed by atoms with E-state index in [1.807, 2.05) is 11.8 Å². The van der Waals surface area contributed by atoms with E-state index in [2.05, 4.69) is 11.6 Å². The second-order valence-corrected chi connectivity index (χ2v) is 8.76. The van der Waals surface area contributed by atoms with Crippen molar-refractivity contribution in [3.05, 3.63) is 18.2 Å². The van der Waals surface area contributed by atoms with Gasteiger partial charge in [0, 0.05) is 17.5 Å². The molecule has 0 radical (unpaired) electrons. The van der Waals surface area contributed by atoms with Crippen molar-refractivity contribution < 1.29 is 8.42 Å². The van der Waals surface area contributed by atoms with E-state index in [1.165, 1.54) is 38.0 Å². The van der Waals surface area contributed by atoms with Gasteiger partial charge in [-0.1, -0.05) is 12.8 Å². The molecule has 1 aromatic carbocycles. The molecular weight excluding hydrogens is 292 g/mol. The first-order valence-electron chi connectivity index (χ1n) is 6.75. The van der Waals surface area contributed by atoms with E-state index in [0.29, 0.717) is 10.4 Å². The third-order valence-corrected chi connectivity index (χ3v) is 6.53. The van der Waals surface area contributed by atoms with Crippen LogP contribution in [0.3, 0.4) is 0 Å². The quantitative estimate of drug-likeness (QED) is 0.818. The lowest BCUT2D eigenvalue weighted by Crippen LogP contribution is -2.30. The molecule has 1 aliphatic rings. The predicted octanol–water partition coefficient (Wildman–Crippen LogP) is 2.76. The van der Waals surface area contributed by atoms with Gasteiger partial charge < -0.3 is 11.1 Å². The van der Waals surface area contributed by atoms with E-state index in [-0.39, 0.29) is 4.90 Å². The van der Waals surface area contributed by atoms with Crippen molar-refractivity contribution >= 4 is 33.0 Å². The first-order chi connectivity index (χ1) is 9.36. The Kier molecular flexibility index (Phi) is 4.54. The second-order valence-electron chi connectivity index (χ2n) is 5.47. The Morgan fingerprint density at radius 1 is 1.35 bits per heavy atom. The number of sulfone groups is 1. The van der Waals surface area contributed by atoms with Crippen molar-refractivity contribution in [2.75, 3.05) is 30.1 Å². The summed E-state index contributed by atoms with van der Waals surface area (Å²) in [6.07, 6.45) is 8.36. The van der Waals surface area contributed by atoms with Gasteiger partial charge in [-0.15, -0.1) is 0 Å². The molecule has 20 heavy (non-hydrogen) atoms. The number of benzene rings is 1. The molecule has 0 atom stereocenters. The summed E-state index contributed by atoms with van der Waals surface area (Å²) in [5.74, 6) is 0. The summed E-state index contributed by atoms with van der Waals surface area (Å²) in [5.41, 5.74) is 7.26. The van der Waals surface area contributed by atoms with Crippen LogP contribution in [0.25, 0.3) is 0 Å². The molecule has 0 saturated heterocycles. The van der Waals surface area contributed by atoms with Crippen LogP contribution < -0.4 is 11.1 Å². The third-order valence-electron chi connectivity index (χ3n) is 4.00. The van der Waals surface area contributed by atoms with E-state index >= 15 is 0 Å². The van der Waals surface area contributed by atoms with Crippen molar-refractivity contribution in [2.45, 2.75) is 35.3 Å². The van der Waals surface area contributed by atoms with Crippen LogP contribution in [0, 0.1) is 0 Å². The summed E-state index contributed by atoms with van der Waals surface area (Å²) < 4.78 is 23.3. The average Bonchev–Trinajstić information content (AvgIpc) is 2.85. The molecule has 2 rings (SSSR count). The molecule has 0 spiro atoms. The van der Waals surface area contributed by atoms with Gasteiger partial charge in [-0.2, -0.15) is 11.8 Å². The van der Waals surface area contributed by atoms with Crippen LogP contribution in [-0.4, -0.2) is 32.2 Å². The van der Waals surface area contributed by atoms with E-state index in [1.54, 1.807) is 12.1 Å². The Morgan fingerprint density at radius 3 is 2.50 bits per heavy atom. The fourth-order valence-corrected chi connectivity index (χ4v) is 4.23. The van der Waals surface area contributed by atoms with Crippen molar-refractivity contribution in [1.82, 2.24) is 0 Å². The van der Waals surface area contributed by atoms with Crippen molar-refractivity contribution in [1.29, 1.82) is 0 Å². The third kappa shape index (κ3) is 3.41. The molecule has 1 aliphatic carbocycles. The van der Waals surface area contributed by atoms with Crippen LogP contribution in [0.15, 0.2) is 23.1 Å². The van der Waals surface area contributed by atoms with E-state index in [0.717, 1.165) is 12.2 Å². The van der Waals surface area contributed by atoms with E-state index < -0.39 is 9.84 Å². The molecule has 3 N–H and O–H groups in total. The maximum Gasteiger partial charge on any atom is 0.175 e. The van der Waals surface area contributed by atoms with Gasteiger partial charge >= 0.3 is 0 Å². The first kappa shape index (κ1) is 15.5. The van der Waals surface area contributed by atoms with Crippen molar-refractivity contribution in [3.63, 3.8) is 0 Å². The summed E-state index contributed by atoms with van der Waals surface area (Å²) in [5, 5.41) is 3.38. The standard InChI is InChI=1S/C14H22N2O2S2/c1-19-14(7-3-4-8-14)10-16-13-6-5-11(9-12(13)15)20(2,17)18/h5-6,9,16H,3-4,7-8,10,15H2,1-2H3. The Labute approximate surface area is 125 Å². The number of rotatable bonds is 5. The van der Waals surface area contributed by atoms with Crippen LogP contribution in [-0.2, 0) is 9.84 Å². The highest BCUT2D eigenvalue weighted by atomic mass is 32.2. The van der Waals surface area contributed by atoms with Gasteiger partial charge in [0.2, 0.25) is 0 Å². The zero-order valence-electron chi connectivity index (χ0n) is 12.0. The highest BCUT2D eigenvalue weighted by Crippen LogP contribution is 2.40. The average molecular weight is 314 g/mol. The maximum absolute atomic E-state index is 11.5. The predicted molar refractivity (Wildman–Crippen MR) is 87.2 cm³/mol. The zero-order chi connectivity index (χ0) is 14.8. The fraction of sp³-hybridized carbons (Fsp3) is 0.571. The lowest BCUT2D eigenvalue weighted by Gasteiger charge is -2.27. The Balaban J connectivity index is 2.11. The Morgan fingerprint density at radius 2 is 2.00 bits per heavy atom. The highest BCUT2D eigenvalue weighted by molar-refractivity contribution is 8.00. The van der Waals surface area contributed by atoms with Crippen LogP contribution in [0.1, 0.15) is 25.7 Å². The molecule has 1 aromatic rings. The van der Waals surface area contributed by atoms with E-state index in [9.17, 15) is 8.42 Å². The highest BCUT2D eigenvalue weighted by Gasteiger charge is 2.32. The molecule has 1 fully saturated rings. The summed E-state index contributed by atoms with van der Waals surface area (Å²) in [6, 6.07) is 4.89. The summed E-state index contributed by atoms with van der Waals surface area (Å²) >= 11 is 1.91. The van der Waals surface area contributed by atoms with Gasteiger partial charge in [0.1, 0.15) is 0 Å². The molecule has 0 heterocycles. The largest absolute Gasteiger partial charge is 0.397 e. The molecule has 0 amide bonds. The fourth-order valence-electron chi connectivity index (χ4n) is 2.66. The minimum atomic E-state index is -3.20. The molecule has 6 heteroatoms. The summed E-state index contributed by atoms with van der Waals surface area (Å²) in [6.45, 7) is 0.872. The maximum atomic E-state index is 11.5. The zero-order valence-corrected chi connectivity index (χ0v) is 13.6. The lowest BCUT2D eigenvalue weighted by molar-refractivity contribution is 0.602. The monoisotopic (exact) mass is 314 g/mol. The smallest absolute Gasteiger partial charge is 0.175 e. The van der Waals surface area contributed by atoms with Gasteiger partial charge in [-0.25, -0.2) is 8.42 Å².